The van der Waals surface area contributed by atoms with Crippen LogP contribution in [-0.2, 0) is 18.4 Å². The van der Waals surface area contributed by atoms with Gasteiger partial charge in [0, 0.05) is 30.6 Å². The lowest BCUT2D eigenvalue weighted by atomic mass is 10.2. The summed E-state index contributed by atoms with van der Waals surface area (Å²) in [6.07, 6.45) is 1.38. The zero-order valence-electron chi connectivity index (χ0n) is 16.9. The zero-order chi connectivity index (χ0) is 22.0. The van der Waals surface area contributed by atoms with E-state index in [2.05, 4.69) is 15.3 Å². The van der Waals surface area contributed by atoms with E-state index in [1.165, 1.54) is 24.9 Å². The molecular formula is C22H19N5O4. The molecule has 0 aliphatic heterocycles. The van der Waals surface area contributed by atoms with Crippen LogP contribution in [0.1, 0.15) is 0 Å². The fourth-order valence-electron chi connectivity index (χ4n) is 3.19. The Bertz CT molecular complexity index is 1390. The summed E-state index contributed by atoms with van der Waals surface area (Å²) in [5.41, 5.74) is 0.187. The zero-order valence-corrected chi connectivity index (χ0v) is 16.9. The number of nitrogens with zero attached hydrogens (tertiary/aromatic N) is 4. The van der Waals surface area contributed by atoms with Crippen molar-refractivity contribution in [1.82, 2.24) is 19.1 Å². The molecule has 4 aromatic rings. The highest BCUT2D eigenvalue weighted by molar-refractivity contribution is 5.91. The molecule has 0 fully saturated rings. The van der Waals surface area contributed by atoms with Crippen molar-refractivity contribution in [2.24, 2.45) is 7.05 Å². The number of fused-ring (bicyclic) bond motifs is 1. The highest BCUT2D eigenvalue weighted by Crippen LogP contribution is 2.17. The van der Waals surface area contributed by atoms with Gasteiger partial charge in [-0.15, -0.1) is 0 Å². The van der Waals surface area contributed by atoms with Crippen molar-refractivity contribution in [2.45, 2.75) is 6.54 Å². The quantitative estimate of drug-likeness (QED) is 0.531. The normalized spacial score (nSPS) is 10.8. The van der Waals surface area contributed by atoms with E-state index >= 15 is 0 Å². The second kappa shape index (κ2) is 8.23. The number of benzene rings is 2. The van der Waals surface area contributed by atoms with E-state index in [4.69, 9.17) is 4.74 Å². The van der Waals surface area contributed by atoms with Gasteiger partial charge in [0.25, 0.3) is 5.56 Å². The van der Waals surface area contributed by atoms with Gasteiger partial charge in [0.15, 0.2) is 11.5 Å². The summed E-state index contributed by atoms with van der Waals surface area (Å²) in [6.45, 7) is -0.445. The van der Waals surface area contributed by atoms with Crippen molar-refractivity contribution in [3.05, 3.63) is 81.6 Å². The molecule has 156 valence electrons. The van der Waals surface area contributed by atoms with Crippen LogP contribution in [0.4, 0.5) is 5.69 Å². The summed E-state index contributed by atoms with van der Waals surface area (Å²) in [7, 11) is 3.02. The second-order valence-corrected chi connectivity index (χ2v) is 6.81. The lowest BCUT2D eigenvalue weighted by molar-refractivity contribution is -0.116. The van der Waals surface area contributed by atoms with Crippen molar-refractivity contribution in [3.8, 4) is 17.1 Å². The van der Waals surface area contributed by atoms with E-state index in [0.29, 0.717) is 17.3 Å². The van der Waals surface area contributed by atoms with Crippen LogP contribution in [0.3, 0.4) is 0 Å². The number of aromatic nitrogens is 4. The van der Waals surface area contributed by atoms with E-state index in [9.17, 15) is 14.4 Å². The first-order valence-electron chi connectivity index (χ1n) is 9.44. The molecule has 1 N–H and O–H groups in total. The maximum atomic E-state index is 12.9. The van der Waals surface area contributed by atoms with Crippen LogP contribution in [0.5, 0.6) is 5.75 Å². The molecule has 4 rings (SSSR count). The van der Waals surface area contributed by atoms with Crippen LogP contribution in [0.25, 0.3) is 22.4 Å². The fraction of sp³-hybridized carbons (Fsp3) is 0.136. The number of nitrogens with one attached hydrogen (secondary N) is 1. The van der Waals surface area contributed by atoms with Crippen molar-refractivity contribution in [1.29, 1.82) is 0 Å². The Labute approximate surface area is 176 Å². The van der Waals surface area contributed by atoms with Crippen LogP contribution in [0.15, 0.2) is 70.4 Å². The largest absolute Gasteiger partial charge is 0.497 e. The molecule has 0 saturated carbocycles. The van der Waals surface area contributed by atoms with E-state index in [1.54, 1.807) is 24.3 Å². The Morgan fingerprint density at radius 1 is 1.10 bits per heavy atom. The molecule has 2 aromatic heterocycles. The van der Waals surface area contributed by atoms with E-state index in [-0.39, 0.29) is 11.0 Å². The van der Waals surface area contributed by atoms with Crippen LogP contribution in [0.2, 0.25) is 0 Å². The van der Waals surface area contributed by atoms with Crippen molar-refractivity contribution < 1.29 is 9.53 Å². The number of hydrogen-bond donors (Lipinski definition) is 1. The van der Waals surface area contributed by atoms with Crippen molar-refractivity contribution in [3.63, 3.8) is 0 Å². The number of hydrogen-bond acceptors (Lipinski definition) is 6. The molecule has 1 amide bonds. The molecule has 0 bridgehead atoms. The third-order valence-electron chi connectivity index (χ3n) is 4.77. The first kappa shape index (κ1) is 20.0. The number of rotatable bonds is 5. The predicted molar refractivity (Wildman–Crippen MR) is 116 cm³/mol. The first-order chi connectivity index (χ1) is 15.0. The van der Waals surface area contributed by atoms with Crippen LogP contribution in [0, 0.1) is 0 Å². The summed E-state index contributed by atoms with van der Waals surface area (Å²) in [5.74, 6) is 0.451. The average molecular weight is 417 g/mol. The first-order valence-corrected chi connectivity index (χ1v) is 9.44. The number of carbonyl (C=O) groups is 1. The summed E-state index contributed by atoms with van der Waals surface area (Å²) in [6, 6.07) is 16.0. The highest BCUT2D eigenvalue weighted by Gasteiger charge is 2.16. The molecule has 0 aliphatic rings. The molecule has 2 aromatic carbocycles. The maximum absolute atomic E-state index is 12.9. The summed E-state index contributed by atoms with van der Waals surface area (Å²) < 4.78 is 7.23. The van der Waals surface area contributed by atoms with Gasteiger partial charge in [0.1, 0.15) is 17.7 Å². The van der Waals surface area contributed by atoms with Gasteiger partial charge in [-0.25, -0.2) is 14.8 Å². The Hall–Kier alpha value is -4.27. The number of anilines is 1. The molecule has 0 aliphatic carbocycles. The van der Waals surface area contributed by atoms with Crippen LogP contribution in [-0.4, -0.2) is 32.1 Å². The summed E-state index contributed by atoms with van der Waals surface area (Å²) >= 11 is 0. The average Bonchev–Trinajstić information content (AvgIpc) is 2.80. The van der Waals surface area contributed by atoms with Gasteiger partial charge in [-0.1, -0.05) is 36.4 Å². The number of aryl methyl sites for hydroxylation is 1. The molecule has 0 radical (unpaired) electrons. The van der Waals surface area contributed by atoms with Gasteiger partial charge in [-0.05, 0) is 12.1 Å². The van der Waals surface area contributed by atoms with Crippen LogP contribution < -0.4 is 21.3 Å². The molecule has 0 saturated heterocycles. The minimum atomic E-state index is -0.643. The standard InChI is InChI=1S/C22H19N5O4/c1-26-20-17(12-23-19(25-20)14-7-4-3-5-8-14)21(29)27(22(26)30)13-18(28)24-15-9-6-10-16(11-15)31-2/h3-12H,13H2,1-2H3,(H,24,28). The molecule has 2 heterocycles. The monoisotopic (exact) mass is 417 g/mol. The van der Waals surface area contributed by atoms with Gasteiger partial charge >= 0.3 is 5.69 Å². The van der Waals surface area contributed by atoms with Crippen LogP contribution >= 0.6 is 0 Å². The minimum absolute atomic E-state index is 0.149. The number of methoxy groups -OCH3 is 1. The van der Waals surface area contributed by atoms with Gasteiger partial charge in [-0.2, -0.15) is 0 Å². The van der Waals surface area contributed by atoms with E-state index in [1.807, 2.05) is 30.3 Å². The molecule has 31 heavy (non-hydrogen) atoms. The molecule has 0 spiro atoms. The minimum Gasteiger partial charge on any atom is -0.497 e. The molecule has 0 atom stereocenters. The Balaban J connectivity index is 1.69. The summed E-state index contributed by atoms with van der Waals surface area (Å²) in [4.78, 5) is 46.9. The number of carbonyl (C=O) groups excluding carboxylic acids is 1. The molecule has 9 nitrogen and oxygen atoms in total. The van der Waals surface area contributed by atoms with Crippen molar-refractivity contribution >= 4 is 22.6 Å². The van der Waals surface area contributed by atoms with Gasteiger partial charge in [0.05, 0.1) is 7.11 Å². The smallest absolute Gasteiger partial charge is 0.332 e. The molecule has 9 heteroatoms. The number of amides is 1. The third kappa shape index (κ3) is 3.93. The second-order valence-electron chi connectivity index (χ2n) is 6.81. The molecular weight excluding hydrogens is 398 g/mol. The molecule has 0 unspecified atom stereocenters. The fourth-order valence-corrected chi connectivity index (χ4v) is 3.19. The van der Waals surface area contributed by atoms with Gasteiger partial charge < -0.3 is 10.1 Å². The Morgan fingerprint density at radius 3 is 2.61 bits per heavy atom. The summed E-state index contributed by atoms with van der Waals surface area (Å²) in [5, 5.41) is 2.81. The predicted octanol–water partition coefficient (Wildman–Crippen LogP) is 1.80. The SMILES string of the molecule is COc1cccc(NC(=O)Cn2c(=O)c3cnc(-c4ccccc4)nc3n(C)c2=O)c1. The van der Waals surface area contributed by atoms with E-state index in [0.717, 1.165) is 10.1 Å². The Morgan fingerprint density at radius 2 is 1.87 bits per heavy atom. The lowest BCUT2D eigenvalue weighted by Gasteiger charge is -2.11. The third-order valence-corrected chi connectivity index (χ3v) is 4.77. The number of ether oxygens (including phenoxy) is 1. The Kier molecular flexibility index (Phi) is 5.31. The van der Waals surface area contributed by atoms with Crippen molar-refractivity contribution in [2.75, 3.05) is 12.4 Å². The maximum Gasteiger partial charge on any atom is 0.332 e. The van der Waals surface area contributed by atoms with E-state index < -0.39 is 23.7 Å². The van der Waals surface area contributed by atoms with Gasteiger partial charge in [0.2, 0.25) is 5.91 Å². The topological polar surface area (TPSA) is 108 Å². The lowest BCUT2D eigenvalue weighted by Crippen LogP contribution is -2.42. The van der Waals surface area contributed by atoms with Gasteiger partial charge in [-0.3, -0.25) is 18.7 Å². The highest BCUT2D eigenvalue weighted by atomic mass is 16.5.